The van der Waals surface area contributed by atoms with E-state index >= 15 is 0 Å². The van der Waals surface area contributed by atoms with E-state index in [9.17, 15) is 30.3 Å². The van der Waals surface area contributed by atoms with Crippen molar-refractivity contribution >= 4 is 5.91 Å². The molecule has 7 unspecified atom stereocenters. The molecule has 1 saturated heterocycles. The highest BCUT2D eigenvalue weighted by atomic mass is 16.7. The van der Waals surface area contributed by atoms with E-state index in [4.69, 9.17) is 9.47 Å². The summed E-state index contributed by atoms with van der Waals surface area (Å²) in [6, 6.07) is -0.828. The van der Waals surface area contributed by atoms with Gasteiger partial charge in [0, 0.05) is 6.42 Å². The zero-order valence-electron chi connectivity index (χ0n) is 33.5. The second kappa shape index (κ2) is 34.6. The predicted molar refractivity (Wildman–Crippen MR) is 216 cm³/mol. The first kappa shape index (κ1) is 49.2. The Bertz CT molecular complexity index is 967. The highest BCUT2D eigenvalue weighted by molar-refractivity contribution is 5.76. The monoisotopic (exact) mass is 750 g/mol. The van der Waals surface area contributed by atoms with E-state index in [2.05, 4.69) is 55.6 Å². The van der Waals surface area contributed by atoms with Gasteiger partial charge in [0.15, 0.2) is 6.29 Å². The molecular formula is C44H79NO8. The van der Waals surface area contributed by atoms with Crippen LogP contribution in [0.3, 0.4) is 0 Å². The number of nitrogens with one attached hydrogen (secondary N) is 1. The number of ether oxygens (including phenoxy) is 2. The molecule has 53 heavy (non-hydrogen) atoms. The van der Waals surface area contributed by atoms with Crippen LogP contribution >= 0.6 is 0 Å². The van der Waals surface area contributed by atoms with Crippen molar-refractivity contribution in [3.63, 3.8) is 0 Å². The third kappa shape index (κ3) is 25.8. The van der Waals surface area contributed by atoms with E-state index in [1.165, 1.54) is 83.5 Å². The number of carbonyl (C=O) groups excluding carboxylic acids is 1. The number of hydrogen-bond donors (Lipinski definition) is 6. The Morgan fingerprint density at radius 3 is 1.60 bits per heavy atom. The molecule has 0 saturated carbocycles. The van der Waals surface area contributed by atoms with Gasteiger partial charge in [-0.15, -0.1) is 0 Å². The van der Waals surface area contributed by atoms with Crippen molar-refractivity contribution in [1.82, 2.24) is 5.32 Å². The van der Waals surface area contributed by atoms with Crippen LogP contribution in [0.25, 0.3) is 0 Å². The summed E-state index contributed by atoms with van der Waals surface area (Å²) in [6.45, 7) is 3.70. The van der Waals surface area contributed by atoms with Crippen molar-refractivity contribution in [3.8, 4) is 0 Å². The van der Waals surface area contributed by atoms with E-state index in [0.29, 0.717) is 6.42 Å². The molecule has 9 heteroatoms. The van der Waals surface area contributed by atoms with Gasteiger partial charge in [-0.1, -0.05) is 140 Å². The van der Waals surface area contributed by atoms with Crippen molar-refractivity contribution in [2.24, 2.45) is 0 Å². The van der Waals surface area contributed by atoms with Gasteiger partial charge in [0.25, 0.3) is 0 Å². The molecule has 1 rings (SSSR count). The lowest BCUT2D eigenvalue weighted by molar-refractivity contribution is -0.302. The summed E-state index contributed by atoms with van der Waals surface area (Å²) in [7, 11) is 0. The second-order valence-corrected chi connectivity index (χ2v) is 14.8. The molecule has 0 aliphatic carbocycles. The van der Waals surface area contributed by atoms with E-state index < -0.39 is 49.5 Å². The molecule has 0 aromatic rings. The van der Waals surface area contributed by atoms with Crippen LogP contribution in [0.1, 0.15) is 168 Å². The Balaban J connectivity index is 2.45. The van der Waals surface area contributed by atoms with Gasteiger partial charge in [-0.25, -0.2) is 0 Å². The van der Waals surface area contributed by atoms with Gasteiger partial charge in [0.05, 0.1) is 25.4 Å². The molecule has 1 amide bonds. The van der Waals surface area contributed by atoms with Crippen LogP contribution in [-0.2, 0) is 14.3 Å². The molecule has 308 valence electrons. The molecule has 0 aromatic carbocycles. The number of carbonyl (C=O) groups is 1. The van der Waals surface area contributed by atoms with E-state index in [-0.39, 0.29) is 12.5 Å². The minimum Gasteiger partial charge on any atom is -0.394 e. The maximum atomic E-state index is 12.9. The third-order valence-corrected chi connectivity index (χ3v) is 9.85. The first-order chi connectivity index (χ1) is 25.8. The third-order valence-electron chi connectivity index (χ3n) is 9.85. The van der Waals surface area contributed by atoms with Crippen LogP contribution in [0, 0.1) is 0 Å². The van der Waals surface area contributed by atoms with E-state index in [1.54, 1.807) is 6.08 Å². The van der Waals surface area contributed by atoms with Crippen LogP contribution in [0.2, 0.25) is 0 Å². The van der Waals surface area contributed by atoms with Gasteiger partial charge in [-0.3, -0.25) is 4.79 Å². The Labute approximate surface area is 323 Å². The van der Waals surface area contributed by atoms with Crippen molar-refractivity contribution < 1.29 is 39.8 Å². The zero-order valence-corrected chi connectivity index (χ0v) is 33.5. The average Bonchev–Trinajstić information content (AvgIpc) is 3.16. The van der Waals surface area contributed by atoms with Crippen molar-refractivity contribution in [2.75, 3.05) is 13.2 Å². The minimum absolute atomic E-state index is 0.199. The average molecular weight is 750 g/mol. The van der Waals surface area contributed by atoms with Crippen LogP contribution in [-0.4, -0.2) is 87.5 Å². The molecule has 6 N–H and O–H groups in total. The number of unbranched alkanes of at least 4 members (excludes halogenated alkanes) is 18. The number of hydrogen-bond acceptors (Lipinski definition) is 8. The standard InChI is InChI=1S/C44H79NO8/c1-3-5-7-9-11-13-15-17-19-21-23-25-27-29-31-33-38(47)37(36-52-44-43(51)42(50)41(49)39(35-46)53-44)45-40(48)34-32-30-28-26-24-22-20-18-16-14-12-10-8-6-4-2/h14-17,23,25,31,33,37-39,41-44,46-47,49-51H,3-13,18-22,24,26-30,32,34-36H2,1-2H3,(H,45,48)/b16-14-,17-15+,25-23+,33-31+. The van der Waals surface area contributed by atoms with Gasteiger partial charge >= 0.3 is 0 Å². The second-order valence-electron chi connectivity index (χ2n) is 14.8. The number of aliphatic hydroxyl groups is 5. The number of aliphatic hydroxyl groups excluding tert-OH is 5. The Morgan fingerprint density at radius 2 is 1.08 bits per heavy atom. The topological polar surface area (TPSA) is 149 Å². The lowest BCUT2D eigenvalue weighted by Gasteiger charge is -2.40. The summed E-state index contributed by atoms with van der Waals surface area (Å²) >= 11 is 0. The van der Waals surface area contributed by atoms with Gasteiger partial charge in [0.1, 0.15) is 24.4 Å². The maximum absolute atomic E-state index is 12.9. The molecule has 0 aromatic heterocycles. The fourth-order valence-corrected chi connectivity index (χ4v) is 6.36. The van der Waals surface area contributed by atoms with Gasteiger partial charge in [-0.05, 0) is 70.6 Å². The molecule has 1 aliphatic rings. The zero-order chi connectivity index (χ0) is 38.8. The highest BCUT2D eigenvalue weighted by Gasteiger charge is 2.44. The maximum Gasteiger partial charge on any atom is 0.220 e. The molecule has 1 heterocycles. The predicted octanol–water partition coefficient (Wildman–Crippen LogP) is 8.28. The molecule has 0 bridgehead atoms. The summed E-state index contributed by atoms with van der Waals surface area (Å²) in [4.78, 5) is 12.9. The van der Waals surface area contributed by atoms with Crippen LogP contribution in [0.5, 0.6) is 0 Å². The normalized spacial score (nSPS) is 22.1. The van der Waals surface area contributed by atoms with Gasteiger partial charge in [0.2, 0.25) is 5.91 Å². The lowest BCUT2D eigenvalue weighted by Crippen LogP contribution is -2.60. The highest BCUT2D eigenvalue weighted by Crippen LogP contribution is 2.22. The fourth-order valence-electron chi connectivity index (χ4n) is 6.36. The number of rotatable bonds is 34. The first-order valence-electron chi connectivity index (χ1n) is 21.4. The molecule has 1 fully saturated rings. The Morgan fingerprint density at radius 1 is 0.623 bits per heavy atom. The van der Waals surface area contributed by atoms with Crippen LogP contribution in [0.15, 0.2) is 48.6 Å². The van der Waals surface area contributed by atoms with Gasteiger partial charge < -0.3 is 40.3 Å². The van der Waals surface area contributed by atoms with E-state index in [1.807, 2.05) is 6.08 Å². The number of amides is 1. The largest absolute Gasteiger partial charge is 0.394 e. The summed E-state index contributed by atoms with van der Waals surface area (Å²) in [5.74, 6) is -0.199. The lowest BCUT2D eigenvalue weighted by atomic mass is 9.99. The summed E-state index contributed by atoms with van der Waals surface area (Å²) < 4.78 is 11.2. The van der Waals surface area contributed by atoms with Crippen molar-refractivity contribution in [2.45, 2.75) is 211 Å². The Kier molecular flexibility index (Phi) is 32.1. The van der Waals surface area contributed by atoms with Gasteiger partial charge in [-0.2, -0.15) is 0 Å². The summed E-state index contributed by atoms with van der Waals surface area (Å²) in [5, 5.41) is 54.0. The molecule has 7 atom stereocenters. The fraction of sp³-hybridized carbons (Fsp3) is 0.795. The minimum atomic E-state index is -1.57. The van der Waals surface area contributed by atoms with Crippen LogP contribution in [0.4, 0.5) is 0 Å². The molecule has 0 spiro atoms. The molecular weight excluding hydrogens is 670 g/mol. The van der Waals surface area contributed by atoms with E-state index in [0.717, 1.165) is 64.2 Å². The quantitative estimate of drug-likeness (QED) is 0.0285. The molecule has 1 aliphatic heterocycles. The first-order valence-corrected chi connectivity index (χ1v) is 21.4. The van der Waals surface area contributed by atoms with Crippen LogP contribution < -0.4 is 5.32 Å². The van der Waals surface area contributed by atoms with Crippen molar-refractivity contribution in [1.29, 1.82) is 0 Å². The Hall–Kier alpha value is -1.85. The SMILES string of the molecule is CCCCCC/C=C\CCCCCCCCCC(=O)NC(COC1OC(CO)C(O)C(O)C1O)C(O)/C=C/CC/C=C/CC/C=C/CCCCCCC. The molecule has 0 radical (unpaired) electrons. The smallest absolute Gasteiger partial charge is 0.220 e. The van der Waals surface area contributed by atoms with Crippen molar-refractivity contribution in [3.05, 3.63) is 48.6 Å². The summed E-state index contributed by atoms with van der Waals surface area (Å²) in [6.07, 6.45) is 35.7. The molecule has 9 nitrogen and oxygen atoms in total. The number of allylic oxidation sites excluding steroid dienone is 7. The summed E-state index contributed by atoms with van der Waals surface area (Å²) in [5.41, 5.74) is 0.